The first-order valence-corrected chi connectivity index (χ1v) is 16.0. The van der Waals surface area contributed by atoms with E-state index in [4.69, 9.17) is 26.3 Å². The number of hydrogen-bond donors (Lipinski definition) is 0. The van der Waals surface area contributed by atoms with Gasteiger partial charge in [-0.1, -0.05) is 109 Å². The standard InChI is InChI=1S/C43H29FN4O/c1-43(2)38-15-8-7-14-36(38)37-21-18-30(26-39(37)49-43)32-23-33(25-34(44)24-32)42-47-40(28-10-5-4-6-11-28)46-41(48-42)31-13-9-12-29(22-31)27-16-19-35(45-3)20-17-27/h4-26H,1-2H3. The summed E-state index contributed by atoms with van der Waals surface area (Å²) in [4.78, 5) is 18.1. The summed E-state index contributed by atoms with van der Waals surface area (Å²) < 4.78 is 22.0. The molecule has 234 valence electrons. The highest BCUT2D eigenvalue weighted by Crippen LogP contribution is 2.46. The second kappa shape index (κ2) is 12.0. The Hall–Kier alpha value is -6.45. The summed E-state index contributed by atoms with van der Waals surface area (Å²) in [6.07, 6.45) is 0. The SMILES string of the molecule is [C-]#[N+]c1ccc(-c2cccc(-c3nc(-c4ccccc4)nc(-c4cc(F)cc(-c5ccc6c(c5)OC(C)(C)c5ccccc5-6)c4)n3)c2)cc1. The van der Waals surface area contributed by atoms with Crippen molar-refractivity contribution in [2.75, 3.05) is 0 Å². The molecule has 1 aromatic heterocycles. The van der Waals surface area contributed by atoms with Crippen molar-refractivity contribution in [3.05, 3.63) is 162 Å². The Kier molecular flexibility index (Phi) is 7.31. The van der Waals surface area contributed by atoms with E-state index in [-0.39, 0.29) is 0 Å². The largest absolute Gasteiger partial charge is 0.482 e. The van der Waals surface area contributed by atoms with Gasteiger partial charge in [-0.05, 0) is 72.0 Å². The van der Waals surface area contributed by atoms with Crippen molar-refractivity contribution in [2.45, 2.75) is 19.4 Å². The van der Waals surface area contributed by atoms with Crippen LogP contribution >= 0.6 is 0 Å². The molecular weight excluding hydrogens is 607 g/mol. The van der Waals surface area contributed by atoms with Crippen molar-refractivity contribution in [2.24, 2.45) is 0 Å². The second-order valence-electron chi connectivity index (χ2n) is 12.5. The molecule has 0 unspecified atom stereocenters. The maximum absolute atomic E-state index is 15.5. The van der Waals surface area contributed by atoms with E-state index in [0.29, 0.717) is 34.3 Å². The Morgan fingerprint density at radius 2 is 1.12 bits per heavy atom. The lowest BCUT2D eigenvalue weighted by Crippen LogP contribution is -2.29. The van der Waals surface area contributed by atoms with E-state index in [0.717, 1.165) is 50.3 Å². The molecule has 0 N–H and O–H groups in total. The first kappa shape index (κ1) is 29.9. The van der Waals surface area contributed by atoms with Gasteiger partial charge < -0.3 is 4.74 Å². The average Bonchev–Trinajstić information content (AvgIpc) is 3.14. The third kappa shape index (κ3) is 5.72. The molecule has 8 rings (SSSR count). The Morgan fingerprint density at radius 1 is 0.531 bits per heavy atom. The first-order valence-electron chi connectivity index (χ1n) is 16.0. The maximum Gasteiger partial charge on any atom is 0.187 e. The van der Waals surface area contributed by atoms with E-state index in [1.165, 1.54) is 12.1 Å². The zero-order valence-electron chi connectivity index (χ0n) is 26.9. The van der Waals surface area contributed by atoms with Gasteiger partial charge in [0.2, 0.25) is 0 Å². The topological polar surface area (TPSA) is 52.3 Å². The summed E-state index contributed by atoms with van der Waals surface area (Å²) in [5.74, 6) is 1.67. The summed E-state index contributed by atoms with van der Waals surface area (Å²) in [7, 11) is 0. The van der Waals surface area contributed by atoms with Crippen LogP contribution in [0.1, 0.15) is 19.4 Å². The monoisotopic (exact) mass is 636 g/mol. The van der Waals surface area contributed by atoms with Crippen molar-refractivity contribution < 1.29 is 9.13 Å². The molecule has 6 aromatic carbocycles. The molecule has 0 saturated carbocycles. The predicted molar refractivity (Wildman–Crippen MR) is 192 cm³/mol. The van der Waals surface area contributed by atoms with Crippen LogP contribution in [-0.4, -0.2) is 15.0 Å². The summed E-state index contributed by atoms with van der Waals surface area (Å²) in [5.41, 5.74) is 8.94. The smallest absolute Gasteiger partial charge is 0.187 e. The van der Waals surface area contributed by atoms with Crippen LogP contribution in [0.15, 0.2) is 140 Å². The minimum Gasteiger partial charge on any atom is -0.482 e. The van der Waals surface area contributed by atoms with Gasteiger partial charge in [-0.3, -0.25) is 0 Å². The highest BCUT2D eigenvalue weighted by molar-refractivity contribution is 5.82. The summed E-state index contributed by atoms with van der Waals surface area (Å²) in [5, 5.41) is 0. The van der Waals surface area contributed by atoms with Gasteiger partial charge >= 0.3 is 0 Å². The minimum atomic E-state index is -0.511. The molecule has 49 heavy (non-hydrogen) atoms. The van der Waals surface area contributed by atoms with Crippen molar-refractivity contribution >= 4 is 5.69 Å². The van der Waals surface area contributed by atoms with E-state index < -0.39 is 11.4 Å². The van der Waals surface area contributed by atoms with Crippen molar-refractivity contribution in [1.29, 1.82) is 0 Å². The molecule has 0 saturated heterocycles. The summed E-state index contributed by atoms with van der Waals surface area (Å²) >= 11 is 0. The third-order valence-corrected chi connectivity index (χ3v) is 8.82. The van der Waals surface area contributed by atoms with E-state index in [1.54, 1.807) is 12.1 Å². The lowest BCUT2D eigenvalue weighted by Gasteiger charge is -2.35. The van der Waals surface area contributed by atoms with Gasteiger partial charge in [0.05, 0.1) is 6.57 Å². The van der Waals surface area contributed by atoms with Crippen LogP contribution in [-0.2, 0) is 5.60 Å². The summed E-state index contributed by atoms with van der Waals surface area (Å²) in [6.45, 7) is 11.4. The molecule has 0 aliphatic carbocycles. The van der Waals surface area contributed by atoms with Crippen LogP contribution in [0.25, 0.3) is 72.4 Å². The number of fused-ring (bicyclic) bond motifs is 3. The molecule has 6 heteroatoms. The molecular formula is C43H29FN4O. The number of nitrogens with zero attached hydrogens (tertiary/aromatic N) is 4. The Balaban J connectivity index is 1.23. The van der Waals surface area contributed by atoms with E-state index in [9.17, 15) is 0 Å². The van der Waals surface area contributed by atoms with Gasteiger partial charge in [-0.2, -0.15) is 0 Å². The number of aromatic nitrogens is 3. The van der Waals surface area contributed by atoms with Crippen LogP contribution in [0.2, 0.25) is 0 Å². The number of hydrogen-bond acceptors (Lipinski definition) is 4. The number of benzene rings is 6. The van der Waals surface area contributed by atoms with Gasteiger partial charge in [0.15, 0.2) is 23.2 Å². The van der Waals surface area contributed by atoms with Crippen LogP contribution in [0, 0.1) is 12.4 Å². The number of ether oxygens (including phenoxy) is 1. The normalized spacial score (nSPS) is 12.7. The molecule has 0 atom stereocenters. The van der Waals surface area contributed by atoms with Crippen molar-refractivity contribution in [3.8, 4) is 73.3 Å². The zero-order chi connectivity index (χ0) is 33.5. The maximum atomic E-state index is 15.5. The van der Waals surface area contributed by atoms with Crippen LogP contribution in [0.3, 0.4) is 0 Å². The Labute approximate surface area is 284 Å². The average molecular weight is 637 g/mol. The predicted octanol–water partition coefficient (Wildman–Crippen LogP) is 11.2. The Morgan fingerprint density at radius 3 is 1.90 bits per heavy atom. The van der Waals surface area contributed by atoms with Crippen LogP contribution in [0.5, 0.6) is 5.75 Å². The van der Waals surface area contributed by atoms with E-state index >= 15 is 4.39 Å². The molecule has 1 aliphatic heterocycles. The van der Waals surface area contributed by atoms with Gasteiger partial charge in [0.1, 0.15) is 17.2 Å². The van der Waals surface area contributed by atoms with Gasteiger partial charge in [-0.15, -0.1) is 0 Å². The fourth-order valence-corrected chi connectivity index (χ4v) is 6.38. The number of rotatable bonds is 5. The highest BCUT2D eigenvalue weighted by atomic mass is 19.1. The molecule has 0 radical (unpaired) electrons. The van der Waals surface area contributed by atoms with E-state index in [1.807, 2.05) is 103 Å². The molecule has 2 heterocycles. The lowest BCUT2D eigenvalue weighted by atomic mass is 9.85. The molecule has 5 nitrogen and oxygen atoms in total. The van der Waals surface area contributed by atoms with Crippen molar-refractivity contribution in [1.82, 2.24) is 15.0 Å². The van der Waals surface area contributed by atoms with Gasteiger partial charge in [0.25, 0.3) is 0 Å². The third-order valence-electron chi connectivity index (χ3n) is 8.82. The summed E-state index contributed by atoms with van der Waals surface area (Å²) in [6, 6.07) is 44.3. The molecule has 1 aliphatic rings. The van der Waals surface area contributed by atoms with Crippen molar-refractivity contribution in [3.63, 3.8) is 0 Å². The fraction of sp³-hybridized carbons (Fsp3) is 0.0698. The van der Waals surface area contributed by atoms with Crippen LogP contribution < -0.4 is 4.74 Å². The highest BCUT2D eigenvalue weighted by Gasteiger charge is 2.32. The molecule has 0 fully saturated rings. The lowest BCUT2D eigenvalue weighted by molar-refractivity contribution is 0.106. The molecule has 7 aromatic rings. The molecule has 0 spiro atoms. The van der Waals surface area contributed by atoms with Gasteiger partial charge in [-0.25, -0.2) is 24.2 Å². The fourth-order valence-electron chi connectivity index (χ4n) is 6.38. The first-order chi connectivity index (χ1) is 23.8. The number of halogens is 1. The van der Waals surface area contributed by atoms with E-state index in [2.05, 4.69) is 30.8 Å². The Bertz CT molecular complexity index is 2410. The molecule has 0 bridgehead atoms. The second-order valence-corrected chi connectivity index (χ2v) is 12.5. The zero-order valence-corrected chi connectivity index (χ0v) is 26.9. The molecule has 0 amide bonds. The quantitative estimate of drug-likeness (QED) is 0.176. The minimum absolute atomic E-state index is 0.362. The van der Waals surface area contributed by atoms with Gasteiger partial charge in [0, 0.05) is 27.8 Å². The van der Waals surface area contributed by atoms with Crippen LogP contribution in [0.4, 0.5) is 10.1 Å².